The summed E-state index contributed by atoms with van der Waals surface area (Å²) >= 11 is 0. The van der Waals surface area contributed by atoms with E-state index in [1.807, 2.05) is 0 Å². The van der Waals surface area contributed by atoms with Gasteiger partial charge in [0.1, 0.15) is 5.75 Å². The summed E-state index contributed by atoms with van der Waals surface area (Å²) in [7, 11) is -2.34. The van der Waals surface area contributed by atoms with E-state index >= 15 is 0 Å². The number of hydrogen-bond donors (Lipinski definition) is 3. The summed E-state index contributed by atoms with van der Waals surface area (Å²) < 4.78 is 31.3. The van der Waals surface area contributed by atoms with E-state index in [2.05, 4.69) is 10.0 Å². The van der Waals surface area contributed by atoms with E-state index in [1.165, 1.54) is 39.2 Å². The van der Waals surface area contributed by atoms with Crippen LogP contribution in [0.4, 0.5) is 5.69 Å². The van der Waals surface area contributed by atoms with Crippen LogP contribution in [0.1, 0.15) is 13.8 Å². The van der Waals surface area contributed by atoms with Crippen LogP contribution in [0.3, 0.4) is 0 Å². The highest BCUT2D eigenvalue weighted by Crippen LogP contribution is 2.27. The van der Waals surface area contributed by atoms with Gasteiger partial charge < -0.3 is 15.2 Å². The van der Waals surface area contributed by atoms with Gasteiger partial charge in [-0.05, 0) is 25.1 Å². The predicted octanol–water partition coefficient (Wildman–Crippen LogP) is 0.313. The summed E-state index contributed by atoms with van der Waals surface area (Å²) in [5.74, 6) is 0.0180. The number of methoxy groups -OCH3 is 1. The van der Waals surface area contributed by atoms with Gasteiger partial charge in [0.25, 0.3) is 0 Å². The minimum atomic E-state index is -3.76. The van der Waals surface area contributed by atoms with Gasteiger partial charge in [0.15, 0.2) is 0 Å². The second kappa shape index (κ2) is 6.69. The molecule has 1 amide bonds. The number of anilines is 1. The third kappa shape index (κ3) is 4.48. The van der Waals surface area contributed by atoms with Gasteiger partial charge in [-0.1, -0.05) is 0 Å². The lowest BCUT2D eigenvalue weighted by molar-refractivity contribution is -0.114. The van der Waals surface area contributed by atoms with Gasteiger partial charge in [-0.3, -0.25) is 4.79 Å². The smallest absolute Gasteiger partial charge is 0.240 e. The van der Waals surface area contributed by atoms with Crippen molar-refractivity contribution >= 4 is 21.6 Å². The molecule has 0 saturated carbocycles. The maximum atomic E-state index is 12.0. The van der Waals surface area contributed by atoms with Crippen molar-refractivity contribution in [3.63, 3.8) is 0 Å². The predicted molar refractivity (Wildman–Crippen MR) is 74.2 cm³/mol. The molecule has 0 aliphatic rings. The van der Waals surface area contributed by atoms with E-state index in [-0.39, 0.29) is 23.0 Å². The average Bonchev–Trinajstić information content (AvgIpc) is 2.35. The van der Waals surface area contributed by atoms with Crippen LogP contribution < -0.4 is 14.8 Å². The molecular weight excluding hydrogens is 284 g/mol. The van der Waals surface area contributed by atoms with Crippen molar-refractivity contribution in [1.82, 2.24) is 4.72 Å². The lowest BCUT2D eigenvalue weighted by atomic mass is 10.3. The van der Waals surface area contributed by atoms with Crippen LogP contribution >= 0.6 is 0 Å². The first-order chi connectivity index (χ1) is 9.26. The van der Waals surface area contributed by atoms with Gasteiger partial charge in [0.2, 0.25) is 15.9 Å². The quantitative estimate of drug-likeness (QED) is 0.701. The Kier molecular flexibility index (Phi) is 5.49. The molecule has 0 aliphatic carbocycles. The minimum absolute atomic E-state index is 0.0253. The summed E-state index contributed by atoms with van der Waals surface area (Å²) in [5, 5.41) is 11.6. The van der Waals surface area contributed by atoms with Crippen molar-refractivity contribution in [3.8, 4) is 5.75 Å². The van der Waals surface area contributed by atoms with Crippen LogP contribution in [-0.2, 0) is 14.8 Å². The number of sulfonamides is 1. The van der Waals surface area contributed by atoms with Crippen molar-refractivity contribution in [2.75, 3.05) is 19.0 Å². The van der Waals surface area contributed by atoms with Crippen LogP contribution in [0.15, 0.2) is 23.1 Å². The van der Waals surface area contributed by atoms with Gasteiger partial charge >= 0.3 is 0 Å². The Morgan fingerprint density at radius 2 is 2.10 bits per heavy atom. The average molecular weight is 302 g/mol. The molecule has 20 heavy (non-hydrogen) atoms. The van der Waals surface area contributed by atoms with Crippen LogP contribution in [0.5, 0.6) is 5.75 Å². The lowest BCUT2D eigenvalue weighted by Gasteiger charge is -2.12. The fourth-order valence-electron chi connectivity index (χ4n) is 1.46. The molecule has 0 spiro atoms. The molecule has 1 rings (SSSR count). The molecular formula is C12H18N2O5S. The van der Waals surface area contributed by atoms with Gasteiger partial charge in [-0.2, -0.15) is 0 Å². The largest absolute Gasteiger partial charge is 0.495 e. The van der Waals surface area contributed by atoms with Crippen molar-refractivity contribution in [2.24, 2.45) is 0 Å². The second-order valence-corrected chi connectivity index (χ2v) is 6.01. The number of hydrogen-bond acceptors (Lipinski definition) is 5. The minimum Gasteiger partial charge on any atom is -0.495 e. The lowest BCUT2D eigenvalue weighted by Crippen LogP contribution is -2.30. The molecule has 1 atom stereocenters. The number of carbonyl (C=O) groups is 1. The number of benzene rings is 1. The number of ether oxygens (including phenoxy) is 1. The molecule has 0 radical (unpaired) electrons. The molecule has 0 bridgehead atoms. The molecule has 0 aliphatic heterocycles. The normalized spacial score (nSPS) is 12.8. The van der Waals surface area contributed by atoms with E-state index in [1.54, 1.807) is 0 Å². The van der Waals surface area contributed by atoms with Crippen molar-refractivity contribution < 1.29 is 23.1 Å². The second-order valence-electron chi connectivity index (χ2n) is 4.24. The Morgan fingerprint density at radius 1 is 1.45 bits per heavy atom. The maximum Gasteiger partial charge on any atom is 0.240 e. The van der Waals surface area contributed by atoms with Gasteiger partial charge in [0, 0.05) is 13.5 Å². The first-order valence-corrected chi connectivity index (χ1v) is 7.38. The van der Waals surface area contributed by atoms with E-state index in [0.717, 1.165) is 0 Å². The molecule has 0 aromatic heterocycles. The summed E-state index contributed by atoms with van der Waals surface area (Å²) in [6.45, 7) is 2.69. The maximum absolute atomic E-state index is 12.0. The summed E-state index contributed by atoms with van der Waals surface area (Å²) in [4.78, 5) is 11.1. The Labute approximate surface area is 118 Å². The molecule has 8 heteroatoms. The van der Waals surface area contributed by atoms with Crippen LogP contribution in [0, 0.1) is 0 Å². The topological polar surface area (TPSA) is 105 Å². The van der Waals surface area contributed by atoms with E-state index in [4.69, 9.17) is 9.84 Å². The summed E-state index contributed by atoms with van der Waals surface area (Å²) in [6.07, 6.45) is -0.794. The Bertz CT molecular complexity index is 584. The first kappa shape index (κ1) is 16.4. The zero-order valence-electron chi connectivity index (χ0n) is 11.5. The molecule has 1 aromatic carbocycles. The molecule has 0 heterocycles. The number of rotatable bonds is 6. The molecule has 3 N–H and O–H groups in total. The number of nitrogens with one attached hydrogen (secondary N) is 2. The Morgan fingerprint density at radius 3 is 2.60 bits per heavy atom. The highest BCUT2D eigenvalue weighted by Gasteiger charge is 2.17. The molecule has 112 valence electrons. The summed E-state index contributed by atoms with van der Waals surface area (Å²) in [5.41, 5.74) is 0.264. The van der Waals surface area contributed by atoms with Gasteiger partial charge in [-0.15, -0.1) is 0 Å². The van der Waals surface area contributed by atoms with Crippen LogP contribution in [0.2, 0.25) is 0 Å². The van der Waals surface area contributed by atoms with Gasteiger partial charge in [-0.25, -0.2) is 13.1 Å². The van der Waals surface area contributed by atoms with Gasteiger partial charge in [0.05, 0.1) is 23.8 Å². The molecule has 7 nitrogen and oxygen atoms in total. The molecule has 1 aromatic rings. The standard InChI is InChI=1S/C12H18N2O5S/c1-8(15)7-13-20(17,18)10-4-5-12(19-3)11(6-10)14-9(2)16/h4-6,8,13,15H,7H2,1-3H3,(H,14,16)/t8-/m0/s1. The van der Waals surface area contributed by atoms with E-state index in [9.17, 15) is 13.2 Å². The highest BCUT2D eigenvalue weighted by molar-refractivity contribution is 7.89. The molecule has 0 fully saturated rings. The fraction of sp³-hybridized carbons (Fsp3) is 0.417. The van der Waals surface area contributed by atoms with E-state index in [0.29, 0.717) is 5.75 Å². The number of aliphatic hydroxyl groups is 1. The highest BCUT2D eigenvalue weighted by atomic mass is 32.2. The fourth-order valence-corrected chi connectivity index (χ4v) is 2.60. The Hall–Kier alpha value is -1.64. The van der Waals surface area contributed by atoms with Crippen molar-refractivity contribution in [2.45, 2.75) is 24.8 Å². The number of carbonyl (C=O) groups excluding carboxylic acids is 1. The number of amides is 1. The zero-order valence-corrected chi connectivity index (χ0v) is 12.3. The SMILES string of the molecule is COc1ccc(S(=O)(=O)NC[C@H](C)O)cc1NC(C)=O. The Balaban J connectivity index is 3.10. The molecule has 0 unspecified atom stereocenters. The number of aliphatic hydroxyl groups excluding tert-OH is 1. The van der Waals surface area contributed by atoms with Crippen LogP contribution in [-0.4, -0.2) is 39.2 Å². The monoisotopic (exact) mass is 302 g/mol. The van der Waals surface area contributed by atoms with E-state index < -0.39 is 16.1 Å². The molecule has 0 saturated heterocycles. The van der Waals surface area contributed by atoms with Crippen molar-refractivity contribution in [3.05, 3.63) is 18.2 Å². The third-order valence-electron chi connectivity index (χ3n) is 2.36. The first-order valence-electron chi connectivity index (χ1n) is 5.89. The zero-order chi connectivity index (χ0) is 15.3. The summed E-state index contributed by atoms with van der Waals surface area (Å²) in [6, 6.07) is 4.10. The van der Waals surface area contributed by atoms with Crippen LogP contribution in [0.25, 0.3) is 0 Å². The van der Waals surface area contributed by atoms with Crippen molar-refractivity contribution in [1.29, 1.82) is 0 Å². The third-order valence-corrected chi connectivity index (χ3v) is 3.78.